The minimum atomic E-state index is -0.534. The zero-order chi connectivity index (χ0) is 19.4. The van der Waals surface area contributed by atoms with Crippen LogP contribution < -0.4 is 10.5 Å². The van der Waals surface area contributed by atoms with Crippen molar-refractivity contribution in [2.75, 3.05) is 6.61 Å². The van der Waals surface area contributed by atoms with Gasteiger partial charge in [0.15, 0.2) is 11.0 Å². The van der Waals surface area contributed by atoms with Crippen LogP contribution in [0.2, 0.25) is 0 Å². The number of nitrogens with two attached hydrogens (primary N) is 1. The normalized spacial score (nSPS) is 12.0. The second-order valence-electron chi connectivity index (χ2n) is 5.71. The van der Waals surface area contributed by atoms with Crippen LogP contribution in [0.25, 0.3) is 17.1 Å². The Hall–Kier alpha value is -2.87. The van der Waals surface area contributed by atoms with E-state index in [1.807, 2.05) is 31.2 Å². The van der Waals surface area contributed by atoms with Crippen LogP contribution in [0.1, 0.15) is 13.8 Å². The maximum Gasteiger partial charge on any atom is 0.230 e. The Labute approximate surface area is 160 Å². The maximum atomic E-state index is 14.5. The number of ether oxygens (including phenoxy) is 1. The topological polar surface area (TPSA) is 83.0 Å². The van der Waals surface area contributed by atoms with Crippen molar-refractivity contribution in [2.24, 2.45) is 5.73 Å². The molecule has 0 bridgehead atoms. The first-order chi connectivity index (χ1) is 13.0. The Bertz CT molecular complexity index is 943. The number of amides is 1. The number of para-hydroxylation sites is 1. The number of benzene rings is 2. The molecule has 1 amide bonds. The third kappa shape index (κ3) is 4.11. The van der Waals surface area contributed by atoms with Crippen molar-refractivity contribution in [1.82, 2.24) is 14.8 Å². The number of aromatic nitrogens is 3. The van der Waals surface area contributed by atoms with Crippen LogP contribution in [0.4, 0.5) is 4.39 Å². The summed E-state index contributed by atoms with van der Waals surface area (Å²) in [5, 5.41) is 8.24. The van der Waals surface area contributed by atoms with Crippen molar-refractivity contribution in [3.63, 3.8) is 0 Å². The lowest BCUT2D eigenvalue weighted by Gasteiger charge is -2.13. The van der Waals surface area contributed by atoms with Gasteiger partial charge in [-0.25, -0.2) is 4.39 Å². The monoisotopic (exact) mass is 386 g/mol. The molecule has 0 saturated carbocycles. The second-order valence-corrected chi connectivity index (χ2v) is 7.02. The first-order valence-electron chi connectivity index (χ1n) is 8.40. The first kappa shape index (κ1) is 18.9. The average Bonchev–Trinajstić information content (AvgIpc) is 3.06. The lowest BCUT2D eigenvalue weighted by atomic mass is 10.2. The molecule has 1 aromatic heterocycles. The molecule has 0 spiro atoms. The van der Waals surface area contributed by atoms with E-state index in [1.165, 1.54) is 6.07 Å². The lowest BCUT2D eigenvalue weighted by molar-refractivity contribution is -0.117. The number of nitrogens with zero attached hydrogens (tertiary/aromatic N) is 3. The van der Waals surface area contributed by atoms with Gasteiger partial charge >= 0.3 is 0 Å². The van der Waals surface area contributed by atoms with Crippen LogP contribution in [0.5, 0.6) is 5.75 Å². The molecule has 0 aliphatic heterocycles. The molecule has 0 aliphatic rings. The Balaban J connectivity index is 2.10. The number of halogens is 1. The molecule has 140 valence electrons. The van der Waals surface area contributed by atoms with Gasteiger partial charge in [-0.2, -0.15) is 0 Å². The predicted octanol–water partition coefficient (Wildman–Crippen LogP) is 3.44. The van der Waals surface area contributed by atoms with Gasteiger partial charge in [0.05, 0.1) is 17.5 Å². The summed E-state index contributed by atoms with van der Waals surface area (Å²) >= 11 is 1.13. The highest BCUT2D eigenvalue weighted by Crippen LogP contribution is 2.31. The Morgan fingerprint density at radius 1 is 1.22 bits per heavy atom. The van der Waals surface area contributed by atoms with E-state index in [2.05, 4.69) is 10.2 Å². The zero-order valence-electron chi connectivity index (χ0n) is 14.9. The van der Waals surface area contributed by atoms with Crippen LogP contribution >= 0.6 is 11.8 Å². The summed E-state index contributed by atoms with van der Waals surface area (Å²) in [5.74, 6) is 0.293. The summed E-state index contributed by atoms with van der Waals surface area (Å²) in [7, 11) is 0. The lowest BCUT2D eigenvalue weighted by Crippen LogP contribution is -2.23. The van der Waals surface area contributed by atoms with Gasteiger partial charge < -0.3 is 10.5 Å². The van der Waals surface area contributed by atoms with E-state index in [9.17, 15) is 9.18 Å². The Kier molecular flexibility index (Phi) is 5.75. The van der Waals surface area contributed by atoms with Crippen LogP contribution in [-0.4, -0.2) is 32.5 Å². The van der Waals surface area contributed by atoms with E-state index >= 15 is 0 Å². The fourth-order valence-corrected chi connectivity index (χ4v) is 3.28. The molecule has 0 saturated heterocycles. The third-order valence-electron chi connectivity index (χ3n) is 3.83. The van der Waals surface area contributed by atoms with Crippen LogP contribution in [0.3, 0.4) is 0 Å². The molecule has 0 unspecified atom stereocenters. The van der Waals surface area contributed by atoms with E-state index in [0.29, 0.717) is 23.3 Å². The molecule has 3 aromatic rings. The van der Waals surface area contributed by atoms with Gasteiger partial charge in [0.1, 0.15) is 11.6 Å². The molecule has 6 nitrogen and oxygen atoms in total. The molecule has 0 radical (unpaired) electrons. The molecule has 1 atom stereocenters. The fourth-order valence-electron chi connectivity index (χ4n) is 2.47. The van der Waals surface area contributed by atoms with Crippen LogP contribution in [0.15, 0.2) is 53.7 Å². The van der Waals surface area contributed by atoms with Crippen molar-refractivity contribution < 1.29 is 13.9 Å². The fraction of sp³-hybridized carbons (Fsp3) is 0.211. The summed E-state index contributed by atoms with van der Waals surface area (Å²) in [6.07, 6.45) is 0. The summed E-state index contributed by atoms with van der Waals surface area (Å²) in [6.45, 7) is 4.15. The molecule has 8 heteroatoms. The second kappa shape index (κ2) is 8.22. The van der Waals surface area contributed by atoms with Gasteiger partial charge in [0.25, 0.3) is 0 Å². The molecule has 2 aromatic carbocycles. The first-order valence-corrected chi connectivity index (χ1v) is 9.28. The smallest absolute Gasteiger partial charge is 0.230 e. The van der Waals surface area contributed by atoms with E-state index < -0.39 is 17.0 Å². The standard InChI is InChI=1S/C19H19FN4O2S/c1-3-26-14-10-8-13(9-11-14)18-22-23-19(27-12(2)17(21)25)24(18)16-7-5-4-6-15(16)20/h4-12H,3H2,1-2H3,(H2,21,25)/t12-/m0/s1. The van der Waals surface area contributed by atoms with Crippen molar-refractivity contribution in [2.45, 2.75) is 24.3 Å². The summed E-state index contributed by atoms with van der Waals surface area (Å²) in [4.78, 5) is 11.5. The van der Waals surface area contributed by atoms with Gasteiger partial charge in [-0.1, -0.05) is 23.9 Å². The highest BCUT2D eigenvalue weighted by Gasteiger charge is 2.22. The van der Waals surface area contributed by atoms with E-state index in [4.69, 9.17) is 10.5 Å². The van der Waals surface area contributed by atoms with Gasteiger partial charge in [0.2, 0.25) is 5.91 Å². The largest absolute Gasteiger partial charge is 0.494 e. The van der Waals surface area contributed by atoms with Crippen LogP contribution in [-0.2, 0) is 4.79 Å². The SMILES string of the molecule is CCOc1ccc(-c2nnc(S[C@@H](C)C(N)=O)n2-c2ccccc2F)cc1. The molecule has 0 fully saturated rings. The van der Waals surface area contributed by atoms with E-state index in [-0.39, 0.29) is 0 Å². The number of hydrogen-bond acceptors (Lipinski definition) is 5. The van der Waals surface area contributed by atoms with Crippen LogP contribution in [0, 0.1) is 5.82 Å². The number of rotatable bonds is 7. The highest BCUT2D eigenvalue weighted by molar-refractivity contribution is 8.00. The number of carbonyl (C=O) groups is 1. The van der Waals surface area contributed by atoms with E-state index in [1.54, 1.807) is 29.7 Å². The van der Waals surface area contributed by atoms with Gasteiger partial charge in [-0.15, -0.1) is 10.2 Å². The Morgan fingerprint density at radius 3 is 2.56 bits per heavy atom. The highest BCUT2D eigenvalue weighted by atomic mass is 32.2. The predicted molar refractivity (Wildman–Crippen MR) is 102 cm³/mol. The molecule has 27 heavy (non-hydrogen) atoms. The van der Waals surface area contributed by atoms with E-state index in [0.717, 1.165) is 23.1 Å². The van der Waals surface area contributed by atoms with Crippen molar-refractivity contribution >= 4 is 17.7 Å². The van der Waals surface area contributed by atoms with Crippen molar-refractivity contribution in [3.8, 4) is 22.8 Å². The average molecular weight is 386 g/mol. The van der Waals surface area contributed by atoms with Crippen molar-refractivity contribution in [1.29, 1.82) is 0 Å². The van der Waals surface area contributed by atoms with Crippen molar-refractivity contribution in [3.05, 3.63) is 54.3 Å². The number of carbonyl (C=O) groups excluding carboxylic acids is 1. The Morgan fingerprint density at radius 2 is 1.93 bits per heavy atom. The molecule has 1 heterocycles. The van der Waals surface area contributed by atoms with Gasteiger partial charge in [-0.3, -0.25) is 9.36 Å². The molecular weight excluding hydrogens is 367 g/mol. The summed E-state index contributed by atoms with van der Waals surface area (Å²) in [5.41, 5.74) is 6.40. The summed E-state index contributed by atoms with van der Waals surface area (Å²) in [6, 6.07) is 13.6. The minimum Gasteiger partial charge on any atom is -0.494 e. The molecule has 2 N–H and O–H groups in total. The van der Waals surface area contributed by atoms with Gasteiger partial charge in [0, 0.05) is 5.56 Å². The number of thioether (sulfide) groups is 1. The quantitative estimate of drug-likeness (QED) is 0.629. The van der Waals surface area contributed by atoms with Gasteiger partial charge in [-0.05, 0) is 50.2 Å². The molecule has 3 rings (SSSR count). The summed E-state index contributed by atoms with van der Waals surface area (Å²) < 4.78 is 21.5. The number of primary amides is 1. The molecular formula is C19H19FN4O2S. The number of hydrogen-bond donors (Lipinski definition) is 1. The maximum absolute atomic E-state index is 14.5. The minimum absolute atomic E-state index is 0.297. The molecule has 0 aliphatic carbocycles. The zero-order valence-corrected chi connectivity index (χ0v) is 15.7. The third-order valence-corrected chi connectivity index (χ3v) is 4.89.